The molecule has 0 unspecified atom stereocenters. The minimum Gasteiger partial charge on any atom is -0.507 e. The van der Waals surface area contributed by atoms with Crippen molar-refractivity contribution >= 4 is 35.1 Å². The molecule has 0 aliphatic rings. The van der Waals surface area contributed by atoms with Gasteiger partial charge in [0.25, 0.3) is 5.91 Å². The van der Waals surface area contributed by atoms with Crippen LogP contribution in [0.4, 0.5) is 11.4 Å². The number of carbonyl (C=O) groups excluding carboxylic acids is 1. The van der Waals surface area contributed by atoms with E-state index >= 15 is 0 Å². The first kappa shape index (κ1) is 22.0. The molecule has 0 atom stereocenters. The summed E-state index contributed by atoms with van der Waals surface area (Å²) in [5.41, 5.74) is 5.86. The normalized spacial score (nSPS) is 11.2. The molecule has 31 heavy (non-hydrogen) atoms. The van der Waals surface area contributed by atoms with Crippen LogP contribution in [-0.4, -0.2) is 23.8 Å². The Labute approximate surface area is 185 Å². The van der Waals surface area contributed by atoms with E-state index in [-0.39, 0.29) is 12.4 Å². The quantitative estimate of drug-likeness (QED) is 0.286. The van der Waals surface area contributed by atoms with Crippen LogP contribution in [0.25, 0.3) is 0 Å². The van der Waals surface area contributed by atoms with Gasteiger partial charge in [-0.2, -0.15) is 10.2 Å². The second-order valence-electron chi connectivity index (χ2n) is 6.80. The maximum atomic E-state index is 12.0. The van der Waals surface area contributed by atoms with Gasteiger partial charge in [-0.25, -0.2) is 5.43 Å². The fraction of sp³-hybridized carbons (Fsp3) is 0.130. The standard InChI is InChI=1S/C23H21ClN4O3/c1-15-9-16(2)11-19(10-15)31-14-23(30)28-25-13-17-12-18(7-8-22(17)29)26-27-21-6-4-3-5-20(21)24/h3-13,29H,14H2,1-2H3,(H,28,30)/b25-13+,27-26?. The van der Waals surface area contributed by atoms with Crippen LogP contribution in [-0.2, 0) is 4.79 Å². The Morgan fingerprint density at radius 1 is 1.06 bits per heavy atom. The van der Waals surface area contributed by atoms with Crippen molar-refractivity contribution < 1.29 is 14.6 Å². The first-order valence-electron chi connectivity index (χ1n) is 9.43. The number of hydrogen-bond acceptors (Lipinski definition) is 6. The maximum Gasteiger partial charge on any atom is 0.277 e. The second kappa shape index (κ2) is 10.4. The predicted octanol–water partition coefficient (Wildman–Crippen LogP) is 5.61. The lowest BCUT2D eigenvalue weighted by Crippen LogP contribution is -2.24. The summed E-state index contributed by atoms with van der Waals surface area (Å²) in [6.45, 7) is 3.73. The minimum absolute atomic E-state index is 0.0128. The van der Waals surface area contributed by atoms with Crippen molar-refractivity contribution in [1.82, 2.24) is 5.43 Å². The Hall–Kier alpha value is -3.71. The summed E-state index contributed by atoms with van der Waals surface area (Å²) in [5, 5.41) is 22.6. The third kappa shape index (κ3) is 6.65. The topological polar surface area (TPSA) is 95.6 Å². The highest BCUT2D eigenvalue weighted by molar-refractivity contribution is 6.32. The fourth-order valence-electron chi connectivity index (χ4n) is 2.72. The zero-order chi connectivity index (χ0) is 22.2. The molecule has 0 fully saturated rings. The molecule has 8 heteroatoms. The number of hydrazone groups is 1. The van der Waals surface area contributed by atoms with E-state index in [4.69, 9.17) is 16.3 Å². The molecule has 0 saturated carbocycles. The Morgan fingerprint density at radius 2 is 1.81 bits per heavy atom. The third-order valence-corrected chi connectivity index (χ3v) is 4.41. The molecule has 0 saturated heterocycles. The molecule has 0 aromatic heterocycles. The summed E-state index contributed by atoms with van der Waals surface area (Å²) in [6.07, 6.45) is 1.32. The number of azo groups is 1. The van der Waals surface area contributed by atoms with Gasteiger partial charge >= 0.3 is 0 Å². The molecule has 2 N–H and O–H groups in total. The number of aryl methyl sites for hydroxylation is 2. The van der Waals surface area contributed by atoms with E-state index in [1.807, 2.05) is 38.1 Å². The molecule has 3 aromatic rings. The van der Waals surface area contributed by atoms with E-state index < -0.39 is 5.91 Å². The van der Waals surface area contributed by atoms with Crippen molar-refractivity contribution in [2.24, 2.45) is 15.3 Å². The molecular formula is C23H21ClN4O3. The lowest BCUT2D eigenvalue weighted by Gasteiger charge is -2.07. The Kier molecular flexibility index (Phi) is 7.35. The van der Waals surface area contributed by atoms with Gasteiger partial charge in [0.05, 0.1) is 16.9 Å². The van der Waals surface area contributed by atoms with Gasteiger partial charge in [-0.15, -0.1) is 5.11 Å². The van der Waals surface area contributed by atoms with Gasteiger partial charge in [0, 0.05) is 5.56 Å². The van der Waals surface area contributed by atoms with E-state index in [1.165, 1.54) is 12.3 Å². The van der Waals surface area contributed by atoms with Gasteiger partial charge in [-0.1, -0.05) is 29.8 Å². The number of carbonyl (C=O) groups is 1. The monoisotopic (exact) mass is 436 g/mol. The SMILES string of the molecule is Cc1cc(C)cc(OCC(=O)N/N=C/c2cc(N=Nc3ccccc3Cl)ccc2O)c1. The van der Waals surface area contributed by atoms with E-state index in [0.29, 0.717) is 27.7 Å². The van der Waals surface area contributed by atoms with Crippen LogP contribution in [0.5, 0.6) is 11.5 Å². The van der Waals surface area contributed by atoms with Crippen LogP contribution in [0.1, 0.15) is 16.7 Å². The number of rotatable bonds is 7. The molecule has 3 aromatic carbocycles. The Balaban J connectivity index is 1.59. The lowest BCUT2D eigenvalue weighted by atomic mass is 10.1. The van der Waals surface area contributed by atoms with Crippen molar-refractivity contribution in [3.8, 4) is 11.5 Å². The summed E-state index contributed by atoms with van der Waals surface area (Å²) in [5.74, 6) is 0.177. The molecule has 0 aliphatic carbocycles. The van der Waals surface area contributed by atoms with E-state index in [2.05, 4.69) is 20.8 Å². The van der Waals surface area contributed by atoms with Crippen LogP contribution in [0, 0.1) is 13.8 Å². The van der Waals surface area contributed by atoms with Crippen LogP contribution < -0.4 is 10.2 Å². The number of phenolic OH excluding ortho intramolecular Hbond substituents is 1. The lowest BCUT2D eigenvalue weighted by molar-refractivity contribution is -0.123. The van der Waals surface area contributed by atoms with Gasteiger partial charge in [-0.05, 0) is 67.4 Å². The third-order valence-electron chi connectivity index (χ3n) is 4.09. The maximum absolute atomic E-state index is 12.0. The molecular weight excluding hydrogens is 416 g/mol. The first-order valence-corrected chi connectivity index (χ1v) is 9.81. The molecule has 3 rings (SSSR count). The largest absolute Gasteiger partial charge is 0.507 e. The first-order chi connectivity index (χ1) is 14.9. The molecule has 7 nitrogen and oxygen atoms in total. The number of nitrogens with one attached hydrogen (secondary N) is 1. The number of benzene rings is 3. The number of phenols is 1. The smallest absolute Gasteiger partial charge is 0.277 e. The van der Waals surface area contributed by atoms with Crippen molar-refractivity contribution in [3.05, 3.63) is 82.4 Å². The molecule has 0 spiro atoms. The molecule has 0 bridgehead atoms. The van der Waals surface area contributed by atoms with Gasteiger partial charge in [0.15, 0.2) is 6.61 Å². The number of ether oxygens (including phenoxy) is 1. The van der Waals surface area contributed by atoms with E-state index in [0.717, 1.165) is 11.1 Å². The van der Waals surface area contributed by atoms with Gasteiger partial charge in [0.2, 0.25) is 0 Å². The van der Waals surface area contributed by atoms with Crippen LogP contribution >= 0.6 is 11.6 Å². The zero-order valence-electron chi connectivity index (χ0n) is 17.0. The molecule has 0 aliphatic heterocycles. The average Bonchev–Trinajstić information content (AvgIpc) is 2.73. The highest BCUT2D eigenvalue weighted by atomic mass is 35.5. The van der Waals surface area contributed by atoms with Crippen LogP contribution in [0.2, 0.25) is 5.02 Å². The molecule has 0 heterocycles. The molecule has 158 valence electrons. The van der Waals surface area contributed by atoms with Crippen molar-refractivity contribution in [2.45, 2.75) is 13.8 Å². The molecule has 0 radical (unpaired) electrons. The summed E-state index contributed by atoms with van der Waals surface area (Å²) in [7, 11) is 0. The van der Waals surface area contributed by atoms with Gasteiger partial charge in [0.1, 0.15) is 17.2 Å². The van der Waals surface area contributed by atoms with Crippen LogP contribution in [0.15, 0.2) is 76.0 Å². The highest BCUT2D eigenvalue weighted by Crippen LogP contribution is 2.27. The van der Waals surface area contributed by atoms with Crippen molar-refractivity contribution in [1.29, 1.82) is 0 Å². The summed E-state index contributed by atoms with van der Waals surface area (Å²) in [6, 6.07) is 17.4. The number of aromatic hydroxyl groups is 1. The second-order valence-corrected chi connectivity index (χ2v) is 7.21. The summed E-state index contributed by atoms with van der Waals surface area (Å²) >= 11 is 6.06. The average molecular weight is 437 g/mol. The Morgan fingerprint density at radius 3 is 2.55 bits per heavy atom. The van der Waals surface area contributed by atoms with Crippen LogP contribution in [0.3, 0.4) is 0 Å². The highest BCUT2D eigenvalue weighted by Gasteiger charge is 2.04. The number of nitrogens with zero attached hydrogens (tertiary/aromatic N) is 3. The summed E-state index contributed by atoms with van der Waals surface area (Å²) < 4.78 is 5.49. The predicted molar refractivity (Wildman–Crippen MR) is 121 cm³/mol. The number of amides is 1. The van der Waals surface area contributed by atoms with E-state index in [1.54, 1.807) is 30.3 Å². The fourth-order valence-corrected chi connectivity index (χ4v) is 2.90. The molecule has 1 amide bonds. The zero-order valence-corrected chi connectivity index (χ0v) is 17.8. The number of hydrogen-bond donors (Lipinski definition) is 2. The summed E-state index contributed by atoms with van der Waals surface area (Å²) in [4.78, 5) is 12.0. The van der Waals surface area contributed by atoms with Crippen molar-refractivity contribution in [2.75, 3.05) is 6.61 Å². The minimum atomic E-state index is -0.426. The van der Waals surface area contributed by atoms with Gasteiger partial charge < -0.3 is 9.84 Å². The number of halogens is 1. The Bertz CT molecular complexity index is 1130. The van der Waals surface area contributed by atoms with Gasteiger partial charge in [-0.3, -0.25) is 4.79 Å². The van der Waals surface area contributed by atoms with Crippen molar-refractivity contribution in [3.63, 3.8) is 0 Å². The van der Waals surface area contributed by atoms with E-state index in [9.17, 15) is 9.90 Å².